The van der Waals surface area contributed by atoms with Crippen LogP contribution >= 0.6 is 0 Å². The first-order valence-electron chi connectivity index (χ1n) is 6.19. The molecule has 0 radical (unpaired) electrons. The molecule has 0 unspecified atom stereocenters. The molecule has 0 aliphatic rings. The van der Waals surface area contributed by atoms with Crippen LogP contribution in [0.4, 0.5) is 11.5 Å². The molecule has 0 aliphatic carbocycles. The van der Waals surface area contributed by atoms with E-state index in [-0.39, 0.29) is 5.91 Å². The van der Waals surface area contributed by atoms with Gasteiger partial charge in [-0.25, -0.2) is 4.98 Å². The monoisotopic (exact) mass is 255 g/mol. The van der Waals surface area contributed by atoms with E-state index in [1.807, 2.05) is 24.3 Å². The second-order valence-corrected chi connectivity index (χ2v) is 4.70. The van der Waals surface area contributed by atoms with Crippen molar-refractivity contribution in [2.45, 2.75) is 19.8 Å². The molecule has 0 spiro atoms. The lowest BCUT2D eigenvalue weighted by Crippen LogP contribution is -2.12. The largest absolute Gasteiger partial charge is 0.384 e. The summed E-state index contributed by atoms with van der Waals surface area (Å²) in [4.78, 5) is 15.9. The summed E-state index contributed by atoms with van der Waals surface area (Å²) in [5.41, 5.74) is 8.04. The quantitative estimate of drug-likeness (QED) is 0.885. The van der Waals surface area contributed by atoms with Gasteiger partial charge in [0.05, 0.1) is 0 Å². The SMILES string of the molecule is CC(C)c1cccc(NC(=O)c2ccnc(N)c2)c1. The summed E-state index contributed by atoms with van der Waals surface area (Å²) in [6.07, 6.45) is 1.52. The van der Waals surface area contributed by atoms with Gasteiger partial charge in [0.25, 0.3) is 5.91 Å². The molecule has 0 aliphatic heterocycles. The molecule has 1 aromatic heterocycles. The predicted molar refractivity (Wildman–Crippen MR) is 77.1 cm³/mol. The van der Waals surface area contributed by atoms with Gasteiger partial charge in [-0.05, 0) is 35.7 Å². The van der Waals surface area contributed by atoms with Crippen molar-refractivity contribution in [2.75, 3.05) is 11.1 Å². The van der Waals surface area contributed by atoms with Crippen LogP contribution in [0.2, 0.25) is 0 Å². The Hall–Kier alpha value is -2.36. The number of carbonyl (C=O) groups is 1. The van der Waals surface area contributed by atoms with E-state index in [1.165, 1.54) is 11.8 Å². The van der Waals surface area contributed by atoms with E-state index < -0.39 is 0 Å². The third kappa shape index (κ3) is 3.31. The van der Waals surface area contributed by atoms with Crippen molar-refractivity contribution < 1.29 is 4.79 Å². The van der Waals surface area contributed by atoms with Gasteiger partial charge in [-0.2, -0.15) is 0 Å². The van der Waals surface area contributed by atoms with E-state index in [2.05, 4.69) is 24.1 Å². The van der Waals surface area contributed by atoms with Crippen LogP contribution in [-0.4, -0.2) is 10.9 Å². The highest BCUT2D eigenvalue weighted by Gasteiger charge is 2.07. The van der Waals surface area contributed by atoms with E-state index in [1.54, 1.807) is 12.1 Å². The van der Waals surface area contributed by atoms with Crippen molar-refractivity contribution in [3.05, 3.63) is 53.7 Å². The zero-order valence-electron chi connectivity index (χ0n) is 11.1. The molecule has 0 saturated heterocycles. The number of nitrogens with two attached hydrogens (primary N) is 1. The normalized spacial score (nSPS) is 10.5. The summed E-state index contributed by atoms with van der Waals surface area (Å²) >= 11 is 0. The fourth-order valence-electron chi connectivity index (χ4n) is 1.77. The van der Waals surface area contributed by atoms with Gasteiger partial charge in [-0.15, -0.1) is 0 Å². The van der Waals surface area contributed by atoms with Gasteiger partial charge >= 0.3 is 0 Å². The molecule has 3 N–H and O–H groups in total. The van der Waals surface area contributed by atoms with Crippen molar-refractivity contribution in [3.8, 4) is 0 Å². The molecule has 0 bridgehead atoms. The fourth-order valence-corrected chi connectivity index (χ4v) is 1.77. The number of nitrogens with zero attached hydrogens (tertiary/aromatic N) is 1. The zero-order chi connectivity index (χ0) is 13.8. The summed E-state index contributed by atoms with van der Waals surface area (Å²) < 4.78 is 0. The van der Waals surface area contributed by atoms with Gasteiger partial charge in [0.15, 0.2) is 0 Å². The Kier molecular flexibility index (Phi) is 3.80. The number of nitrogen functional groups attached to an aromatic ring is 1. The minimum Gasteiger partial charge on any atom is -0.384 e. The predicted octanol–water partition coefficient (Wildman–Crippen LogP) is 3.04. The second kappa shape index (κ2) is 5.52. The summed E-state index contributed by atoms with van der Waals surface area (Å²) in [7, 11) is 0. The third-order valence-corrected chi connectivity index (χ3v) is 2.85. The van der Waals surface area contributed by atoms with Crippen LogP contribution in [0, 0.1) is 0 Å². The lowest BCUT2D eigenvalue weighted by molar-refractivity contribution is 0.102. The molecular formula is C15H17N3O. The number of hydrogen-bond donors (Lipinski definition) is 2. The highest BCUT2D eigenvalue weighted by atomic mass is 16.1. The molecule has 4 nitrogen and oxygen atoms in total. The highest BCUT2D eigenvalue weighted by Crippen LogP contribution is 2.19. The molecule has 4 heteroatoms. The molecule has 1 amide bonds. The van der Waals surface area contributed by atoms with Crippen LogP contribution in [0.5, 0.6) is 0 Å². The molecule has 2 rings (SSSR count). The minimum atomic E-state index is -0.185. The maximum Gasteiger partial charge on any atom is 0.255 e. The molecular weight excluding hydrogens is 238 g/mol. The Morgan fingerprint density at radius 1 is 1.26 bits per heavy atom. The number of anilines is 2. The van der Waals surface area contributed by atoms with Crippen molar-refractivity contribution >= 4 is 17.4 Å². The van der Waals surface area contributed by atoms with Crippen molar-refractivity contribution in [1.29, 1.82) is 0 Å². The average Bonchev–Trinajstić information content (AvgIpc) is 2.39. The maximum absolute atomic E-state index is 12.1. The van der Waals surface area contributed by atoms with Crippen molar-refractivity contribution in [2.24, 2.45) is 0 Å². The first-order valence-corrected chi connectivity index (χ1v) is 6.19. The van der Waals surface area contributed by atoms with Crippen LogP contribution in [-0.2, 0) is 0 Å². The number of hydrogen-bond acceptors (Lipinski definition) is 3. The summed E-state index contributed by atoms with van der Waals surface area (Å²) in [5.74, 6) is 0.576. The number of nitrogens with one attached hydrogen (secondary N) is 1. The van der Waals surface area contributed by atoms with Crippen LogP contribution in [0.3, 0.4) is 0 Å². The first-order chi connectivity index (χ1) is 9.06. The maximum atomic E-state index is 12.1. The Morgan fingerprint density at radius 3 is 2.74 bits per heavy atom. The fraction of sp³-hybridized carbons (Fsp3) is 0.200. The molecule has 98 valence electrons. The highest BCUT2D eigenvalue weighted by molar-refractivity contribution is 6.04. The number of rotatable bonds is 3. The molecule has 0 atom stereocenters. The summed E-state index contributed by atoms with van der Waals surface area (Å²) in [6.45, 7) is 4.23. The smallest absolute Gasteiger partial charge is 0.255 e. The number of pyridine rings is 1. The number of benzene rings is 1. The second-order valence-electron chi connectivity index (χ2n) is 4.70. The van der Waals surface area contributed by atoms with Crippen LogP contribution in [0.15, 0.2) is 42.6 Å². The molecule has 19 heavy (non-hydrogen) atoms. The molecule has 0 saturated carbocycles. The number of carbonyl (C=O) groups excluding carboxylic acids is 1. The van der Waals surface area contributed by atoms with Gasteiger partial charge in [0.1, 0.15) is 5.82 Å². The topological polar surface area (TPSA) is 68.0 Å². The van der Waals surface area contributed by atoms with Gasteiger partial charge in [0.2, 0.25) is 0 Å². The van der Waals surface area contributed by atoms with E-state index in [9.17, 15) is 4.79 Å². The minimum absolute atomic E-state index is 0.185. The van der Waals surface area contributed by atoms with Gasteiger partial charge < -0.3 is 11.1 Å². The zero-order valence-corrected chi connectivity index (χ0v) is 11.1. The number of amides is 1. The number of aromatic nitrogens is 1. The van der Waals surface area contributed by atoms with E-state index in [4.69, 9.17) is 5.73 Å². The molecule has 2 aromatic rings. The van der Waals surface area contributed by atoms with Crippen molar-refractivity contribution in [1.82, 2.24) is 4.98 Å². The van der Waals surface area contributed by atoms with E-state index in [0.29, 0.717) is 17.3 Å². The Labute approximate surface area is 112 Å². The van der Waals surface area contributed by atoms with E-state index >= 15 is 0 Å². The molecule has 1 aromatic carbocycles. The van der Waals surface area contributed by atoms with Gasteiger partial charge in [0, 0.05) is 17.4 Å². The standard InChI is InChI=1S/C15H17N3O/c1-10(2)11-4-3-5-13(8-11)18-15(19)12-6-7-17-14(16)9-12/h3-10H,1-2H3,(H2,16,17)(H,18,19). The summed E-state index contributed by atoms with van der Waals surface area (Å²) in [5, 5.41) is 2.86. The third-order valence-electron chi connectivity index (χ3n) is 2.85. The average molecular weight is 255 g/mol. The van der Waals surface area contributed by atoms with Gasteiger partial charge in [-0.1, -0.05) is 26.0 Å². The Morgan fingerprint density at radius 2 is 2.05 bits per heavy atom. The molecule has 0 fully saturated rings. The lowest BCUT2D eigenvalue weighted by Gasteiger charge is -2.09. The Bertz CT molecular complexity index is 593. The lowest BCUT2D eigenvalue weighted by atomic mass is 10.0. The Balaban J connectivity index is 2.17. The van der Waals surface area contributed by atoms with Crippen LogP contribution in [0.25, 0.3) is 0 Å². The van der Waals surface area contributed by atoms with E-state index in [0.717, 1.165) is 5.69 Å². The van der Waals surface area contributed by atoms with Crippen LogP contribution in [0.1, 0.15) is 35.7 Å². The first kappa shape index (κ1) is 13.1. The van der Waals surface area contributed by atoms with Crippen LogP contribution < -0.4 is 11.1 Å². The summed E-state index contributed by atoms with van der Waals surface area (Å²) in [6, 6.07) is 11.0. The van der Waals surface area contributed by atoms with Gasteiger partial charge in [-0.3, -0.25) is 4.79 Å². The molecule has 1 heterocycles. The van der Waals surface area contributed by atoms with Crippen molar-refractivity contribution in [3.63, 3.8) is 0 Å².